The van der Waals surface area contributed by atoms with E-state index in [1.54, 1.807) is 29.5 Å². The van der Waals surface area contributed by atoms with Gasteiger partial charge in [-0.15, -0.1) is 11.3 Å². The minimum absolute atomic E-state index is 0.0620. The Morgan fingerprint density at radius 1 is 1.19 bits per heavy atom. The molecule has 0 atom stereocenters. The number of benzene rings is 1. The van der Waals surface area contributed by atoms with Crippen molar-refractivity contribution in [3.8, 4) is 11.3 Å². The van der Waals surface area contributed by atoms with E-state index in [1.165, 1.54) is 12.1 Å². The zero-order valence-electron chi connectivity index (χ0n) is 15.0. The van der Waals surface area contributed by atoms with Crippen LogP contribution in [-0.2, 0) is 0 Å². The first-order valence-corrected chi connectivity index (χ1v) is 9.76. The summed E-state index contributed by atoms with van der Waals surface area (Å²) in [5.74, 6) is -0.358. The van der Waals surface area contributed by atoms with Gasteiger partial charge in [-0.05, 0) is 43.7 Å². The predicted molar refractivity (Wildman–Crippen MR) is 104 cm³/mol. The molecule has 1 fully saturated rings. The highest BCUT2D eigenvalue weighted by Gasteiger charge is 2.23. The lowest BCUT2D eigenvalue weighted by atomic mass is 10.1. The van der Waals surface area contributed by atoms with Crippen LogP contribution in [0.4, 0.5) is 9.52 Å². The van der Waals surface area contributed by atoms with E-state index in [2.05, 4.69) is 20.1 Å². The van der Waals surface area contributed by atoms with Gasteiger partial charge in [0.05, 0.1) is 11.4 Å². The monoisotopic (exact) mass is 385 g/mol. The first-order valence-electron chi connectivity index (χ1n) is 8.88. The average Bonchev–Trinajstić information content (AvgIpc) is 3.25. The molecule has 1 amide bonds. The lowest BCUT2D eigenvalue weighted by Gasteiger charge is -2.21. The van der Waals surface area contributed by atoms with Crippen molar-refractivity contribution in [2.45, 2.75) is 13.3 Å². The summed E-state index contributed by atoms with van der Waals surface area (Å²) in [7, 11) is 0. The number of rotatable bonds is 3. The van der Waals surface area contributed by atoms with Crippen LogP contribution in [0.25, 0.3) is 11.3 Å². The number of nitrogens with one attached hydrogen (secondary N) is 1. The lowest BCUT2D eigenvalue weighted by molar-refractivity contribution is 0.0761. The van der Waals surface area contributed by atoms with Gasteiger partial charge in [-0.3, -0.25) is 9.89 Å². The minimum Gasteiger partial charge on any atom is -0.346 e. The Morgan fingerprint density at radius 3 is 2.74 bits per heavy atom. The fraction of sp³-hybridized carbons (Fsp3) is 0.316. The number of H-pyrrole nitrogens is 1. The summed E-state index contributed by atoms with van der Waals surface area (Å²) in [5, 5.41) is 10.1. The molecule has 1 aliphatic rings. The van der Waals surface area contributed by atoms with Gasteiger partial charge >= 0.3 is 0 Å². The van der Waals surface area contributed by atoms with Gasteiger partial charge in [0.15, 0.2) is 5.13 Å². The number of carbonyl (C=O) groups excluding carboxylic acids is 1. The lowest BCUT2D eigenvalue weighted by Crippen LogP contribution is -2.35. The number of aromatic nitrogens is 3. The third-order valence-electron chi connectivity index (χ3n) is 4.61. The molecule has 0 spiro atoms. The van der Waals surface area contributed by atoms with Crippen LogP contribution in [-0.4, -0.2) is 52.2 Å². The zero-order chi connectivity index (χ0) is 18.8. The maximum absolute atomic E-state index is 13.1. The van der Waals surface area contributed by atoms with Gasteiger partial charge in [0.2, 0.25) is 0 Å². The van der Waals surface area contributed by atoms with Crippen LogP contribution in [0.15, 0.2) is 35.7 Å². The van der Waals surface area contributed by atoms with Crippen molar-refractivity contribution in [2.24, 2.45) is 0 Å². The molecule has 0 unspecified atom stereocenters. The van der Waals surface area contributed by atoms with Crippen LogP contribution in [0.5, 0.6) is 0 Å². The Kier molecular flexibility index (Phi) is 4.89. The summed E-state index contributed by atoms with van der Waals surface area (Å²) >= 11 is 1.64. The third kappa shape index (κ3) is 3.85. The quantitative estimate of drug-likeness (QED) is 0.751. The SMILES string of the molecule is Cc1csc(N2CCCN(C(=O)c3cc(-c4ccc(F)cc4)n[nH]3)CC2)n1. The smallest absolute Gasteiger partial charge is 0.271 e. The minimum atomic E-state index is -0.296. The molecule has 140 valence electrons. The highest BCUT2D eigenvalue weighted by Crippen LogP contribution is 2.22. The Labute approximate surface area is 160 Å². The molecular formula is C19H20FN5OS. The van der Waals surface area contributed by atoms with Crippen molar-refractivity contribution in [3.63, 3.8) is 0 Å². The van der Waals surface area contributed by atoms with E-state index in [1.807, 2.05) is 17.2 Å². The van der Waals surface area contributed by atoms with Gasteiger partial charge in [0.1, 0.15) is 11.5 Å². The summed E-state index contributed by atoms with van der Waals surface area (Å²) < 4.78 is 13.1. The number of hydrogen-bond donors (Lipinski definition) is 1. The molecule has 1 N–H and O–H groups in total. The van der Waals surface area contributed by atoms with Gasteiger partial charge in [-0.25, -0.2) is 9.37 Å². The van der Waals surface area contributed by atoms with Crippen molar-refractivity contribution in [3.05, 3.63) is 52.9 Å². The number of thiazole rings is 1. The molecule has 3 aromatic rings. The Bertz CT molecular complexity index is 936. The molecule has 3 heterocycles. The second kappa shape index (κ2) is 7.48. The van der Waals surface area contributed by atoms with Crippen LogP contribution >= 0.6 is 11.3 Å². The summed E-state index contributed by atoms with van der Waals surface area (Å²) in [4.78, 5) is 21.5. The van der Waals surface area contributed by atoms with Crippen LogP contribution in [0.2, 0.25) is 0 Å². The Hall–Kier alpha value is -2.74. The van der Waals surface area contributed by atoms with E-state index >= 15 is 0 Å². The van der Waals surface area contributed by atoms with Gasteiger partial charge < -0.3 is 9.80 Å². The summed E-state index contributed by atoms with van der Waals surface area (Å²) in [6, 6.07) is 7.80. The Morgan fingerprint density at radius 2 is 2.00 bits per heavy atom. The molecule has 0 radical (unpaired) electrons. The maximum Gasteiger partial charge on any atom is 0.271 e. The number of hydrogen-bond acceptors (Lipinski definition) is 5. The summed E-state index contributed by atoms with van der Waals surface area (Å²) in [5.41, 5.74) is 2.88. The fourth-order valence-corrected chi connectivity index (χ4v) is 4.03. The number of nitrogens with zero attached hydrogens (tertiary/aromatic N) is 4. The van der Waals surface area contributed by atoms with E-state index in [4.69, 9.17) is 0 Å². The number of halogens is 1. The van der Waals surface area contributed by atoms with Gasteiger partial charge in [-0.2, -0.15) is 5.10 Å². The molecule has 2 aromatic heterocycles. The van der Waals surface area contributed by atoms with Crippen molar-refractivity contribution in [1.82, 2.24) is 20.1 Å². The third-order valence-corrected chi connectivity index (χ3v) is 5.63. The van der Waals surface area contributed by atoms with Crippen molar-refractivity contribution < 1.29 is 9.18 Å². The normalized spacial score (nSPS) is 15.0. The van der Waals surface area contributed by atoms with E-state index in [0.29, 0.717) is 24.5 Å². The van der Waals surface area contributed by atoms with E-state index in [0.717, 1.165) is 35.9 Å². The zero-order valence-corrected chi connectivity index (χ0v) is 15.8. The molecule has 1 aliphatic heterocycles. The molecule has 1 aromatic carbocycles. The Balaban J connectivity index is 1.44. The van der Waals surface area contributed by atoms with Crippen LogP contribution in [0.3, 0.4) is 0 Å². The largest absolute Gasteiger partial charge is 0.346 e. The topological polar surface area (TPSA) is 65.1 Å². The fourth-order valence-electron chi connectivity index (χ4n) is 3.17. The molecule has 0 aliphatic carbocycles. The van der Waals surface area contributed by atoms with Crippen LogP contribution in [0.1, 0.15) is 22.6 Å². The molecule has 27 heavy (non-hydrogen) atoms. The summed E-state index contributed by atoms with van der Waals surface area (Å²) in [6.07, 6.45) is 0.892. The molecule has 0 bridgehead atoms. The van der Waals surface area contributed by atoms with Crippen molar-refractivity contribution >= 4 is 22.4 Å². The van der Waals surface area contributed by atoms with Gasteiger partial charge in [0.25, 0.3) is 5.91 Å². The first kappa shape index (κ1) is 17.7. The molecule has 1 saturated heterocycles. The number of aromatic amines is 1. The molecular weight excluding hydrogens is 365 g/mol. The average molecular weight is 385 g/mol. The van der Waals surface area contributed by atoms with Gasteiger partial charge in [0, 0.05) is 37.1 Å². The second-order valence-electron chi connectivity index (χ2n) is 6.58. The first-order chi connectivity index (χ1) is 13.1. The predicted octanol–water partition coefficient (Wildman–Crippen LogP) is 3.33. The maximum atomic E-state index is 13.1. The second-order valence-corrected chi connectivity index (χ2v) is 7.41. The molecule has 0 saturated carbocycles. The summed E-state index contributed by atoms with van der Waals surface area (Å²) in [6.45, 7) is 4.98. The van der Waals surface area contributed by atoms with Gasteiger partial charge in [-0.1, -0.05) is 0 Å². The number of aryl methyl sites for hydroxylation is 1. The van der Waals surface area contributed by atoms with E-state index in [-0.39, 0.29) is 11.7 Å². The van der Waals surface area contributed by atoms with Crippen molar-refractivity contribution in [2.75, 3.05) is 31.1 Å². The van der Waals surface area contributed by atoms with Crippen LogP contribution < -0.4 is 4.90 Å². The van der Waals surface area contributed by atoms with E-state index in [9.17, 15) is 9.18 Å². The molecule has 6 nitrogen and oxygen atoms in total. The van der Waals surface area contributed by atoms with E-state index < -0.39 is 0 Å². The van der Waals surface area contributed by atoms with Crippen LogP contribution in [0, 0.1) is 12.7 Å². The number of amides is 1. The molecule has 8 heteroatoms. The number of carbonyl (C=O) groups is 1. The standard InChI is InChI=1S/C19H20FN5OS/c1-13-12-27-19(21-13)25-8-2-7-24(9-10-25)18(26)17-11-16(22-23-17)14-3-5-15(20)6-4-14/h3-6,11-12H,2,7-10H2,1H3,(H,22,23). The highest BCUT2D eigenvalue weighted by molar-refractivity contribution is 7.13. The van der Waals surface area contributed by atoms with Crippen molar-refractivity contribution in [1.29, 1.82) is 0 Å². The molecule has 4 rings (SSSR count). The highest BCUT2D eigenvalue weighted by atomic mass is 32.1. The number of anilines is 1.